The second-order valence-corrected chi connectivity index (χ2v) is 14.0. The van der Waals surface area contributed by atoms with Gasteiger partial charge in [-0.15, -0.1) is 18.2 Å². The SMILES string of the molecule is CCC(C)(C)C(=O)/C=C(\O)C(C)(C)CC.Cc1nc(-c2[c-]ccc3c2oc2ccccc23)c2ccc3c4ccccc4cc(C)c3c2n1.[Ir]. The number of benzene rings is 5. The third-order valence-electron chi connectivity index (χ3n) is 9.97. The molecule has 0 spiro atoms. The Bertz CT molecular complexity index is 2380. The van der Waals surface area contributed by atoms with Crippen LogP contribution in [0, 0.1) is 30.7 Å². The summed E-state index contributed by atoms with van der Waals surface area (Å²) < 4.78 is 6.30. The first-order valence-electron chi connectivity index (χ1n) is 16.7. The molecule has 6 heteroatoms. The molecular weight excluding hydrogens is 785 g/mol. The molecule has 0 saturated heterocycles. The second kappa shape index (κ2) is 13.9. The van der Waals surface area contributed by atoms with Crippen LogP contribution in [0.2, 0.25) is 0 Å². The molecule has 0 amide bonds. The number of rotatable bonds is 6. The van der Waals surface area contributed by atoms with Gasteiger partial charge in [-0.3, -0.25) is 9.78 Å². The molecule has 2 aromatic heterocycles. The summed E-state index contributed by atoms with van der Waals surface area (Å²) in [5.74, 6) is 0.930. The Morgan fingerprint density at radius 3 is 2.18 bits per heavy atom. The maximum atomic E-state index is 11.8. The molecule has 253 valence electrons. The Morgan fingerprint density at radius 2 is 1.47 bits per heavy atom. The molecule has 49 heavy (non-hydrogen) atoms. The maximum absolute atomic E-state index is 11.8. The predicted molar refractivity (Wildman–Crippen MR) is 199 cm³/mol. The number of aryl methyl sites for hydroxylation is 2. The molecule has 1 radical (unpaired) electrons. The summed E-state index contributed by atoms with van der Waals surface area (Å²) in [6.07, 6.45) is 2.99. The van der Waals surface area contributed by atoms with E-state index in [1.807, 2.05) is 72.7 Å². The van der Waals surface area contributed by atoms with Crippen molar-refractivity contribution in [1.29, 1.82) is 0 Å². The summed E-state index contributed by atoms with van der Waals surface area (Å²) in [6.45, 7) is 15.8. The summed E-state index contributed by atoms with van der Waals surface area (Å²) in [5, 5.41) is 17.9. The number of aliphatic hydroxyl groups is 1. The van der Waals surface area contributed by atoms with Crippen molar-refractivity contribution in [2.75, 3.05) is 0 Å². The molecule has 7 rings (SSSR count). The van der Waals surface area contributed by atoms with Gasteiger partial charge in [-0.2, -0.15) is 0 Å². The molecule has 0 bridgehead atoms. The third-order valence-corrected chi connectivity index (χ3v) is 9.97. The molecule has 0 aliphatic rings. The zero-order valence-electron chi connectivity index (χ0n) is 29.5. The van der Waals surface area contributed by atoms with Gasteiger partial charge in [0.1, 0.15) is 17.2 Å². The van der Waals surface area contributed by atoms with E-state index in [2.05, 4.69) is 67.6 Å². The summed E-state index contributed by atoms with van der Waals surface area (Å²) in [5.41, 5.74) is 4.92. The quantitative estimate of drug-likeness (QED) is 0.0782. The van der Waals surface area contributed by atoms with Gasteiger partial charge in [0.25, 0.3) is 0 Å². The van der Waals surface area contributed by atoms with Gasteiger partial charge in [0.15, 0.2) is 5.78 Å². The topological polar surface area (TPSA) is 76.2 Å². The van der Waals surface area contributed by atoms with Crippen LogP contribution >= 0.6 is 0 Å². The Hall–Kier alpha value is -4.38. The molecule has 1 N–H and O–H groups in total. The summed E-state index contributed by atoms with van der Waals surface area (Å²) in [7, 11) is 0. The smallest absolute Gasteiger partial charge is 0.164 e. The minimum atomic E-state index is -0.377. The van der Waals surface area contributed by atoms with Gasteiger partial charge in [0, 0.05) is 53.5 Å². The van der Waals surface area contributed by atoms with Crippen LogP contribution in [-0.4, -0.2) is 20.9 Å². The van der Waals surface area contributed by atoms with E-state index in [0.717, 1.165) is 62.8 Å². The van der Waals surface area contributed by atoms with Crippen molar-refractivity contribution >= 4 is 60.2 Å². The van der Waals surface area contributed by atoms with Gasteiger partial charge < -0.3 is 9.52 Å². The van der Waals surface area contributed by atoms with Crippen molar-refractivity contribution in [3.8, 4) is 11.3 Å². The number of hydrogen-bond donors (Lipinski definition) is 1. The summed E-state index contributed by atoms with van der Waals surface area (Å²) in [4.78, 5) is 21.6. The number of carbonyl (C=O) groups excluding carboxylic acids is 1. The van der Waals surface area contributed by atoms with Crippen LogP contribution < -0.4 is 0 Å². The normalized spacial score (nSPS) is 12.4. The third kappa shape index (κ3) is 6.65. The number of furan rings is 1. The van der Waals surface area contributed by atoms with Crippen molar-refractivity contribution in [2.24, 2.45) is 10.8 Å². The van der Waals surface area contributed by atoms with Crippen LogP contribution in [0.1, 0.15) is 65.8 Å². The maximum Gasteiger partial charge on any atom is 0.164 e. The van der Waals surface area contributed by atoms with E-state index in [-0.39, 0.29) is 42.5 Å². The van der Waals surface area contributed by atoms with E-state index < -0.39 is 0 Å². The first-order chi connectivity index (χ1) is 22.9. The van der Waals surface area contributed by atoms with E-state index in [0.29, 0.717) is 0 Å². The number of allylic oxidation sites excluding steroid dienone is 2. The predicted octanol–water partition coefficient (Wildman–Crippen LogP) is 11.8. The summed E-state index contributed by atoms with van der Waals surface area (Å²) in [6, 6.07) is 30.7. The fourth-order valence-electron chi connectivity index (χ4n) is 6.03. The number of nitrogens with zero attached hydrogens (tertiary/aromatic N) is 2. The number of ketones is 1. The number of fused-ring (bicyclic) bond motifs is 8. The number of carbonyl (C=O) groups is 1. The average molecular weight is 828 g/mol. The van der Waals surface area contributed by atoms with Gasteiger partial charge in [-0.1, -0.05) is 113 Å². The number of aliphatic hydroxyl groups excluding tert-OH is 1. The molecule has 5 nitrogen and oxygen atoms in total. The average Bonchev–Trinajstić information content (AvgIpc) is 3.47. The Morgan fingerprint density at radius 1 is 0.816 bits per heavy atom. The molecule has 0 aliphatic heterocycles. The fourth-order valence-corrected chi connectivity index (χ4v) is 6.03. The van der Waals surface area contributed by atoms with Crippen LogP contribution in [0.25, 0.3) is 65.6 Å². The van der Waals surface area contributed by atoms with E-state index in [1.165, 1.54) is 33.2 Å². The van der Waals surface area contributed by atoms with E-state index in [1.54, 1.807) is 0 Å². The molecule has 0 saturated carbocycles. The number of aromatic nitrogens is 2. The summed E-state index contributed by atoms with van der Waals surface area (Å²) >= 11 is 0. The molecule has 0 aliphatic carbocycles. The number of para-hydroxylation sites is 1. The standard InChI is InChI=1S/C30H19N2O.C13H24O2.Ir/c1-17-16-19-8-3-4-9-20(19)22-14-15-24-28(31-18(2)32-29(24)27(17)22)25-12-7-11-23-21-10-5-6-13-26(21)33-30(23)25;1-7-12(3,4)10(14)9-11(15)13(5,6)8-2;/h3-11,13-16H,1-2H3;9,14H,7-8H2,1-6H3;/q-1;;/b;10-9-;. The molecule has 2 heterocycles. The number of hydrogen-bond acceptors (Lipinski definition) is 5. The van der Waals surface area contributed by atoms with Crippen LogP contribution in [-0.2, 0) is 24.9 Å². The van der Waals surface area contributed by atoms with Gasteiger partial charge in [0.05, 0.1) is 11.1 Å². The van der Waals surface area contributed by atoms with Crippen LogP contribution in [0.5, 0.6) is 0 Å². The van der Waals surface area contributed by atoms with Crippen molar-refractivity contribution in [1.82, 2.24) is 9.97 Å². The van der Waals surface area contributed by atoms with Crippen molar-refractivity contribution in [2.45, 2.75) is 68.2 Å². The van der Waals surface area contributed by atoms with Crippen LogP contribution in [0.15, 0.2) is 95.1 Å². The van der Waals surface area contributed by atoms with E-state index in [4.69, 9.17) is 14.4 Å². The molecule has 7 aromatic rings. The first kappa shape index (κ1) is 35.9. The minimum Gasteiger partial charge on any atom is -0.512 e. The van der Waals surface area contributed by atoms with E-state index >= 15 is 0 Å². The monoisotopic (exact) mass is 828 g/mol. The first-order valence-corrected chi connectivity index (χ1v) is 16.7. The Kier molecular flexibility index (Phi) is 10.2. The van der Waals surface area contributed by atoms with E-state index in [9.17, 15) is 9.90 Å². The zero-order valence-corrected chi connectivity index (χ0v) is 31.9. The van der Waals surface area contributed by atoms with Crippen molar-refractivity contribution < 1.29 is 34.4 Å². The molecule has 0 fully saturated rings. The van der Waals surface area contributed by atoms with Crippen LogP contribution in [0.3, 0.4) is 0 Å². The molecule has 5 aromatic carbocycles. The minimum absolute atomic E-state index is 0. The van der Waals surface area contributed by atoms with Crippen molar-refractivity contribution in [3.05, 3.63) is 108 Å². The molecule has 0 unspecified atom stereocenters. The van der Waals surface area contributed by atoms with Crippen LogP contribution in [0.4, 0.5) is 0 Å². The van der Waals surface area contributed by atoms with Gasteiger partial charge in [-0.05, 0) is 59.9 Å². The second-order valence-electron chi connectivity index (χ2n) is 14.0. The van der Waals surface area contributed by atoms with Gasteiger partial charge >= 0.3 is 0 Å². The molecular formula is C43H43IrN2O3-. The Labute approximate surface area is 301 Å². The molecule has 0 atom stereocenters. The van der Waals surface area contributed by atoms with Crippen molar-refractivity contribution in [3.63, 3.8) is 0 Å². The largest absolute Gasteiger partial charge is 0.512 e. The fraction of sp³-hybridized carbons (Fsp3) is 0.279. The van der Waals surface area contributed by atoms with Gasteiger partial charge in [0.2, 0.25) is 0 Å². The zero-order chi connectivity index (χ0) is 34.4. The Balaban J connectivity index is 0.000000252. The van der Waals surface area contributed by atoms with Gasteiger partial charge in [-0.25, -0.2) is 4.98 Å².